The summed E-state index contributed by atoms with van der Waals surface area (Å²) in [7, 11) is 0. The molecule has 0 aromatic rings. The van der Waals surface area contributed by atoms with Crippen molar-refractivity contribution in [2.24, 2.45) is 4.99 Å². The highest BCUT2D eigenvalue weighted by atomic mass is 16.5. The van der Waals surface area contributed by atoms with Gasteiger partial charge < -0.3 is 10.2 Å². The predicted molar refractivity (Wildman–Crippen MR) is 28.8 cm³/mol. The maximum Gasteiger partial charge on any atom is 0.247 e. The van der Waals surface area contributed by atoms with Gasteiger partial charge >= 0.3 is 0 Å². The lowest BCUT2D eigenvalue weighted by Crippen LogP contribution is -2.28. The van der Waals surface area contributed by atoms with Crippen molar-refractivity contribution >= 4 is 6.21 Å². The average molecular weight is 130 g/mol. The zero-order valence-corrected chi connectivity index (χ0v) is 4.47. The minimum atomic E-state index is -1.29. The highest BCUT2D eigenvalue weighted by Crippen LogP contribution is 2.01. The molecule has 0 radical (unpaired) electrons. The Morgan fingerprint density at radius 2 is 2.33 bits per heavy atom. The lowest BCUT2D eigenvalue weighted by Gasteiger charge is -2.17. The van der Waals surface area contributed by atoms with Crippen LogP contribution >= 0.6 is 0 Å². The van der Waals surface area contributed by atoms with Gasteiger partial charge in [-0.3, -0.25) is 5.21 Å². The van der Waals surface area contributed by atoms with Gasteiger partial charge in [-0.2, -0.15) is 0 Å². The van der Waals surface area contributed by atoms with Crippen molar-refractivity contribution < 1.29 is 15.4 Å². The molecule has 1 aliphatic heterocycles. The number of rotatable bonds is 0. The van der Waals surface area contributed by atoms with Crippen molar-refractivity contribution in [2.75, 3.05) is 0 Å². The molecule has 0 aromatic carbocycles. The van der Waals surface area contributed by atoms with Crippen molar-refractivity contribution in [3.8, 4) is 0 Å². The molecule has 9 heavy (non-hydrogen) atoms. The van der Waals surface area contributed by atoms with Gasteiger partial charge in [0.25, 0.3) is 0 Å². The summed E-state index contributed by atoms with van der Waals surface area (Å²) in [6, 6.07) is 0. The van der Waals surface area contributed by atoms with E-state index in [4.69, 9.17) is 15.4 Å². The van der Waals surface area contributed by atoms with Crippen LogP contribution in [0.2, 0.25) is 0 Å². The molecule has 0 fully saturated rings. The molecule has 0 spiro atoms. The van der Waals surface area contributed by atoms with Crippen LogP contribution in [-0.4, -0.2) is 33.0 Å². The fourth-order valence-electron chi connectivity index (χ4n) is 0.447. The summed E-state index contributed by atoms with van der Waals surface area (Å²) in [4.78, 5) is 3.28. The smallest absolute Gasteiger partial charge is 0.247 e. The van der Waals surface area contributed by atoms with Gasteiger partial charge in [-0.25, -0.2) is 10.1 Å². The quantitative estimate of drug-likeness (QED) is 0.410. The zero-order valence-electron chi connectivity index (χ0n) is 4.47. The Balaban J connectivity index is 2.70. The highest BCUT2D eigenvalue weighted by Gasteiger charge is 2.11. The standard InChI is InChI=1S/C4H6N2O3/c7-3-1-5-4(8)6(9)2-3/h1-2,4,7-9H. The van der Waals surface area contributed by atoms with Crippen LogP contribution in [0, 0.1) is 0 Å². The SMILES string of the molecule is OC1=CN(O)C(O)N=C1. The number of hydroxylamine groups is 2. The summed E-state index contributed by atoms with van der Waals surface area (Å²) in [6.45, 7) is 0. The van der Waals surface area contributed by atoms with Crippen LogP contribution in [0.1, 0.15) is 0 Å². The number of hydrogen-bond acceptors (Lipinski definition) is 5. The fraction of sp³-hybridized carbons (Fsp3) is 0.250. The summed E-state index contributed by atoms with van der Waals surface area (Å²) in [6.07, 6.45) is 0.718. The largest absolute Gasteiger partial charge is 0.505 e. The van der Waals surface area contributed by atoms with E-state index in [1.54, 1.807) is 0 Å². The van der Waals surface area contributed by atoms with E-state index in [9.17, 15) is 0 Å². The van der Waals surface area contributed by atoms with Gasteiger partial charge in [0.1, 0.15) is 0 Å². The van der Waals surface area contributed by atoms with Gasteiger partial charge in [0.05, 0.1) is 12.4 Å². The third-order valence-electron chi connectivity index (χ3n) is 0.841. The molecule has 0 bridgehead atoms. The molecule has 1 atom stereocenters. The lowest BCUT2D eigenvalue weighted by molar-refractivity contribution is -0.157. The topological polar surface area (TPSA) is 76.3 Å². The Morgan fingerprint density at radius 3 is 2.78 bits per heavy atom. The first kappa shape index (κ1) is 6.06. The number of aliphatic imine (C=N–C) groups is 1. The van der Waals surface area contributed by atoms with Crippen LogP contribution in [0.25, 0.3) is 0 Å². The Morgan fingerprint density at radius 1 is 1.67 bits per heavy atom. The molecule has 50 valence electrons. The van der Waals surface area contributed by atoms with Crippen molar-refractivity contribution in [2.45, 2.75) is 6.35 Å². The summed E-state index contributed by atoms with van der Waals surface area (Å²) >= 11 is 0. The van der Waals surface area contributed by atoms with E-state index in [0.29, 0.717) is 5.06 Å². The summed E-state index contributed by atoms with van der Waals surface area (Å²) in [5.41, 5.74) is 0. The van der Waals surface area contributed by atoms with E-state index >= 15 is 0 Å². The molecule has 1 rings (SSSR count). The van der Waals surface area contributed by atoms with E-state index in [0.717, 1.165) is 12.4 Å². The van der Waals surface area contributed by atoms with E-state index in [1.807, 2.05) is 0 Å². The van der Waals surface area contributed by atoms with E-state index in [-0.39, 0.29) is 5.76 Å². The van der Waals surface area contributed by atoms with Crippen LogP contribution in [0.4, 0.5) is 0 Å². The van der Waals surface area contributed by atoms with E-state index in [2.05, 4.69) is 4.99 Å². The van der Waals surface area contributed by atoms with Crippen molar-refractivity contribution in [1.82, 2.24) is 5.06 Å². The Kier molecular flexibility index (Phi) is 1.37. The molecule has 5 heteroatoms. The second-order valence-corrected chi connectivity index (χ2v) is 1.56. The molecule has 1 heterocycles. The van der Waals surface area contributed by atoms with Gasteiger partial charge in [0, 0.05) is 0 Å². The third-order valence-corrected chi connectivity index (χ3v) is 0.841. The molecule has 5 nitrogen and oxygen atoms in total. The van der Waals surface area contributed by atoms with Crippen LogP contribution in [-0.2, 0) is 0 Å². The normalized spacial score (nSPS) is 26.2. The first-order chi connectivity index (χ1) is 4.20. The van der Waals surface area contributed by atoms with Crippen molar-refractivity contribution in [3.05, 3.63) is 12.0 Å². The van der Waals surface area contributed by atoms with Gasteiger partial charge in [0.15, 0.2) is 5.76 Å². The van der Waals surface area contributed by atoms with Gasteiger partial charge in [-0.05, 0) is 0 Å². The third kappa shape index (κ3) is 1.18. The minimum Gasteiger partial charge on any atom is -0.505 e. The maximum absolute atomic E-state index is 8.62. The van der Waals surface area contributed by atoms with E-state index in [1.165, 1.54) is 0 Å². The molecular weight excluding hydrogens is 124 g/mol. The number of aliphatic hydroxyl groups excluding tert-OH is 2. The lowest BCUT2D eigenvalue weighted by atomic mass is 10.5. The second kappa shape index (κ2) is 2.04. The number of hydrogen-bond donors (Lipinski definition) is 3. The number of allylic oxidation sites excluding steroid dienone is 1. The van der Waals surface area contributed by atoms with Crippen molar-refractivity contribution in [1.29, 1.82) is 0 Å². The van der Waals surface area contributed by atoms with Crippen LogP contribution in [0.15, 0.2) is 17.0 Å². The van der Waals surface area contributed by atoms with Crippen LogP contribution in [0.3, 0.4) is 0 Å². The zero-order chi connectivity index (χ0) is 6.85. The molecule has 0 aromatic heterocycles. The minimum absolute atomic E-state index is 0.192. The molecule has 1 unspecified atom stereocenters. The van der Waals surface area contributed by atoms with E-state index < -0.39 is 6.35 Å². The maximum atomic E-state index is 8.62. The second-order valence-electron chi connectivity index (χ2n) is 1.56. The molecule has 0 saturated carbocycles. The summed E-state index contributed by atoms with van der Waals surface area (Å²) in [5.74, 6) is -0.192. The van der Waals surface area contributed by atoms with Gasteiger partial charge in [-0.15, -0.1) is 0 Å². The summed E-state index contributed by atoms with van der Waals surface area (Å²) in [5, 5.41) is 26.2. The predicted octanol–water partition coefficient (Wildman–Crippen LogP) is -0.563. The first-order valence-electron chi connectivity index (χ1n) is 2.29. The summed E-state index contributed by atoms with van der Waals surface area (Å²) < 4.78 is 0. The average Bonchev–Trinajstić information content (AvgIpc) is 1.80. The van der Waals surface area contributed by atoms with Gasteiger partial charge in [-0.1, -0.05) is 0 Å². The molecular formula is C4H6N2O3. The highest BCUT2D eigenvalue weighted by molar-refractivity contribution is 5.75. The Labute approximate surface area is 51.1 Å². The molecule has 1 aliphatic rings. The molecule has 0 aliphatic carbocycles. The van der Waals surface area contributed by atoms with Crippen LogP contribution in [0.5, 0.6) is 0 Å². The Hall–Kier alpha value is -1.07. The molecule has 3 N–H and O–H groups in total. The van der Waals surface area contributed by atoms with Gasteiger partial charge in [0.2, 0.25) is 6.35 Å². The Bertz CT molecular complexity index is 165. The first-order valence-corrected chi connectivity index (χ1v) is 2.29. The van der Waals surface area contributed by atoms with Crippen molar-refractivity contribution in [3.63, 3.8) is 0 Å². The molecule has 0 saturated heterocycles. The van der Waals surface area contributed by atoms with Crippen LogP contribution < -0.4 is 0 Å². The number of aliphatic hydroxyl groups is 2. The monoisotopic (exact) mass is 130 g/mol. The fourth-order valence-corrected chi connectivity index (χ4v) is 0.447. The molecule has 0 amide bonds. The number of nitrogens with zero attached hydrogens (tertiary/aromatic N) is 2.